The molecule has 11 nitrogen and oxygen atoms in total. The first-order chi connectivity index (χ1) is 16.3. The van der Waals surface area contributed by atoms with Crippen LogP contribution in [-0.4, -0.2) is 67.7 Å². The van der Waals surface area contributed by atoms with Crippen LogP contribution in [0.3, 0.4) is 0 Å². The van der Waals surface area contributed by atoms with Gasteiger partial charge in [-0.15, -0.1) is 13.2 Å². The van der Waals surface area contributed by atoms with Crippen molar-refractivity contribution in [1.82, 2.24) is 15.5 Å². The molecule has 35 heavy (non-hydrogen) atoms. The minimum absolute atomic E-state index is 0.161. The van der Waals surface area contributed by atoms with Crippen molar-refractivity contribution in [3.05, 3.63) is 48.5 Å². The summed E-state index contributed by atoms with van der Waals surface area (Å²) in [7, 11) is -4.07. The van der Waals surface area contributed by atoms with Gasteiger partial charge < -0.3 is 25.2 Å². The van der Waals surface area contributed by atoms with E-state index in [1.807, 2.05) is 5.32 Å². The van der Waals surface area contributed by atoms with Crippen LogP contribution in [0.5, 0.6) is 17.2 Å². The summed E-state index contributed by atoms with van der Waals surface area (Å²) in [6.45, 7) is -0.754. The van der Waals surface area contributed by atoms with Crippen molar-refractivity contribution in [2.24, 2.45) is 0 Å². The lowest BCUT2D eigenvalue weighted by Crippen LogP contribution is -2.48. The second kappa shape index (κ2) is 10.1. The summed E-state index contributed by atoms with van der Waals surface area (Å²) in [5.41, 5.74) is 0. The predicted octanol–water partition coefficient (Wildman–Crippen LogP) is 2.34. The Morgan fingerprint density at radius 1 is 1.06 bits per heavy atom. The molecule has 1 fully saturated rings. The first-order valence-electron chi connectivity index (χ1n) is 9.76. The van der Waals surface area contributed by atoms with E-state index in [0.717, 1.165) is 17.0 Å². The van der Waals surface area contributed by atoms with Gasteiger partial charge in [0.1, 0.15) is 17.2 Å². The molecular weight excluding hydrogens is 499 g/mol. The molecule has 188 valence electrons. The Labute approximate surface area is 196 Å². The van der Waals surface area contributed by atoms with E-state index in [4.69, 9.17) is 9.84 Å². The monoisotopic (exact) mass is 517 g/mol. The van der Waals surface area contributed by atoms with Gasteiger partial charge in [0.05, 0.1) is 29.8 Å². The third kappa shape index (κ3) is 7.23. The van der Waals surface area contributed by atoms with Crippen molar-refractivity contribution in [3.63, 3.8) is 0 Å². The van der Waals surface area contributed by atoms with Crippen LogP contribution in [0.25, 0.3) is 0 Å². The highest BCUT2D eigenvalue weighted by molar-refractivity contribution is 7.91. The minimum Gasteiger partial charge on any atom is -0.465 e. The molecule has 1 saturated heterocycles. The lowest BCUT2D eigenvalue weighted by Gasteiger charge is -2.21. The van der Waals surface area contributed by atoms with E-state index in [9.17, 15) is 36.0 Å². The third-order valence-electron chi connectivity index (χ3n) is 4.56. The highest BCUT2D eigenvalue weighted by Crippen LogP contribution is 2.28. The first kappa shape index (κ1) is 25.6. The fourth-order valence-corrected chi connectivity index (χ4v) is 4.56. The third-order valence-corrected chi connectivity index (χ3v) is 6.40. The molecule has 3 N–H and O–H groups in total. The summed E-state index contributed by atoms with van der Waals surface area (Å²) in [5.74, 6) is -1.47. The molecule has 15 heteroatoms. The number of ether oxygens (including phenoxy) is 2. The van der Waals surface area contributed by atoms with Crippen molar-refractivity contribution in [1.29, 1.82) is 0 Å². The highest BCUT2D eigenvalue weighted by Gasteiger charge is 2.33. The SMILES string of the molecule is O=C(O)N[C@@H](CN1C(=O)CNC1=O)CS(=O)(=O)c1ccc(Oc2ccc(OC(F)(F)F)cc2)cc1. The van der Waals surface area contributed by atoms with E-state index in [2.05, 4.69) is 10.1 Å². The van der Waals surface area contributed by atoms with Gasteiger partial charge in [0.2, 0.25) is 5.91 Å². The summed E-state index contributed by atoms with van der Waals surface area (Å²) < 4.78 is 71.5. The largest absolute Gasteiger partial charge is 0.573 e. The lowest BCUT2D eigenvalue weighted by molar-refractivity contribution is -0.274. The second-order valence-corrected chi connectivity index (χ2v) is 9.22. The number of hydrogen-bond donors (Lipinski definition) is 3. The fourth-order valence-electron chi connectivity index (χ4n) is 3.10. The first-order valence-corrected chi connectivity index (χ1v) is 11.4. The van der Waals surface area contributed by atoms with E-state index in [1.165, 1.54) is 36.4 Å². The molecule has 0 aromatic heterocycles. The molecule has 0 spiro atoms. The number of hydrogen-bond acceptors (Lipinski definition) is 7. The average molecular weight is 517 g/mol. The van der Waals surface area contributed by atoms with Gasteiger partial charge in [-0.2, -0.15) is 0 Å². The Hall–Kier alpha value is -4.01. The van der Waals surface area contributed by atoms with Crippen LogP contribution in [0.2, 0.25) is 0 Å². The van der Waals surface area contributed by atoms with Gasteiger partial charge in [0.15, 0.2) is 9.84 Å². The number of nitrogens with one attached hydrogen (secondary N) is 2. The number of carboxylic acid groups (broad SMARTS) is 1. The fraction of sp³-hybridized carbons (Fsp3) is 0.250. The number of benzene rings is 2. The van der Waals surface area contributed by atoms with Crippen molar-refractivity contribution >= 4 is 27.9 Å². The lowest BCUT2D eigenvalue weighted by atomic mass is 10.3. The van der Waals surface area contributed by atoms with Crippen molar-refractivity contribution < 1.29 is 50.6 Å². The van der Waals surface area contributed by atoms with Gasteiger partial charge in [0, 0.05) is 0 Å². The number of amides is 4. The zero-order valence-electron chi connectivity index (χ0n) is 17.6. The standard InChI is InChI=1S/C20H18F3N3O8S/c21-20(22,23)34-15-3-1-13(2-4-15)33-14-5-7-16(8-6-14)35(31,32)11-12(25-19(29)30)10-26-17(27)9-24-18(26)28/h1-8,12,25H,9-11H2,(H,24,28)(H,29,30)/t12-/m0/s1. The van der Waals surface area contributed by atoms with Gasteiger partial charge in [-0.25, -0.2) is 18.0 Å². The maximum Gasteiger partial charge on any atom is 0.573 e. The Bertz CT molecular complexity index is 1190. The predicted molar refractivity (Wildman–Crippen MR) is 112 cm³/mol. The van der Waals surface area contributed by atoms with E-state index in [-0.39, 0.29) is 22.9 Å². The number of rotatable bonds is 9. The van der Waals surface area contributed by atoms with Gasteiger partial charge in [-0.1, -0.05) is 0 Å². The maximum atomic E-state index is 12.8. The number of carbonyl (C=O) groups excluding carboxylic acids is 2. The van der Waals surface area contributed by atoms with E-state index in [1.54, 1.807) is 0 Å². The number of alkyl halides is 3. The molecule has 4 amide bonds. The topological polar surface area (TPSA) is 151 Å². The van der Waals surface area contributed by atoms with Crippen LogP contribution >= 0.6 is 0 Å². The molecular formula is C20H18F3N3O8S. The quantitative estimate of drug-likeness (QED) is 0.429. The van der Waals surface area contributed by atoms with Crippen molar-refractivity contribution in [2.75, 3.05) is 18.8 Å². The number of carbonyl (C=O) groups is 3. The molecule has 0 radical (unpaired) electrons. The molecule has 1 atom stereocenters. The van der Waals surface area contributed by atoms with Gasteiger partial charge in [0.25, 0.3) is 0 Å². The van der Waals surface area contributed by atoms with E-state index >= 15 is 0 Å². The summed E-state index contributed by atoms with van der Waals surface area (Å²) in [6.07, 6.45) is -6.37. The molecule has 1 aliphatic rings. The zero-order chi connectivity index (χ0) is 25.8. The van der Waals surface area contributed by atoms with E-state index in [0.29, 0.717) is 0 Å². The molecule has 1 aliphatic heterocycles. The smallest absolute Gasteiger partial charge is 0.465 e. The van der Waals surface area contributed by atoms with Crippen LogP contribution in [0.1, 0.15) is 0 Å². The summed E-state index contributed by atoms with van der Waals surface area (Å²) in [4.78, 5) is 35.1. The molecule has 0 saturated carbocycles. The molecule has 2 aromatic rings. The molecule has 0 unspecified atom stereocenters. The van der Waals surface area contributed by atoms with Crippen molar-refractivity contribution in [3.8, 4) is 17.2 Å². The molecule has 2 aromatic carbocycles. The van der Waals surface area contributed by atoms with Gasteiger partial charge in [-0.3, -0.25) is 9.69 Å². The Balaban J connectivity index is 1.67. The maximum absolute atomic E-state index is 12.8. The van der Waals surface area contributed by atoms with Gasteiger partial charge in [-0.05, 0) is 48.5 Å². The highest BCUT2D eigenvalue weighted by atomic mass is 32.2. The van der Waals surface area contributed by atoms with Crippen LogP contribution in [0, 0.1) is 0 Å². The Morgan fingerprint density at radius 2 is 1.60 bits per heavy atom. The van der Waals surface area contributed by atoms with Crippen LogP contribution in [-0.2, 0) is 14.6 Å². The van der Waals surface area contributed by atoms with E-state index < -0.39 is 58.3 Å². The van der Waals surface area contributed by atoms with Crippen LogP contribution < -0.4 is 20.1 Å². The summed E-state index contributed by atoms with van der Waals surface area (Å²) >= 11 is 0. The number of urea groups is 1. The Kier molecular flexibility index (Phi) is 7.38. The van der Waals surface area contributed by atoms with Crippen molar-refractivity contribution in [2.45, 2.75) is 17.3 Å². The number of halogens is 3. The molecule has 1 heterocycles. The Morgan fingerprint density at radius 3 is 2.09 bits per heavy atom. The summed E-state index contributed by atoms with van der Waals surface area (Å²) in [5, 5.41) is 13.3. The number of imide groups is 1. The number of sulfone groups is 1. The zero-order valence-corrected chi connectivity index (χ0v) is 18.4. The van der Waals surface area contributed by atoms with Gasteiger partial charge >= 0.3 is 18.5 Å². The summed E-state index contributed by atoms with van der Waals surface area (Å²) in [6, 6.07) is 7.46. The van der Waals surface area contributed by atoms with Crippen LogP contribution in [0.15, 0.2) is 53.4 Å². The van der Waals surface area contributed by atoms with Crippen LogP contribution in [0.4, 0.5) is 22.8 Å². The minimum atomic E-state index is -4.83. The number of nitrogens with zero attached hydrogens (tertiary/aromatic N) is 1. The molecule has 0 bridgehead atoms. The normalized spacial score (nSPS) is 14.9. The molecule has 0 aliphatic carbocycles. The average Bonchev–Trinajstić information content (AvgIpc) is 3.06. The molecule has 3 rings (SSSR count). The second-order valence-electron chi connectivity index (χ2n) is 7.18.